The molecular formula is C19H22N4O2S. The molecule has 2 aromatic heterocycles. The molecule has 3 aromatic rings. The smallest absolute Gasteiger partial charge is 0.261 e. The van der Waals surface area contributed by atoms with E-state index in [1.807, 2.05) is 36.1 Å². The van der Waals surface area contributed by atoms with Crippen molar-refractivity contribution in [1.29, 1.82) is 0 Å². The van der Waals surface area contributed by atoms with E-state index in [0.29, 0.717) is 6.61 Å². The molecule has 0 saturated carbocycles. The molecule has 3 heterocycles. The van der Waals surface area contributed by atoms with Gasteiger partial charge in [-0.3, -0.25) is 14.4 Å². The van der Waals surface area contributed by atoms with Crippen LogP contribution in [0.15, 0.2) is 36.5 Å². The Labute approximate surface area is 156 Å². The highest BCUT2D eigenvalue weighted by molar-refractivity contribution is 7.21. The summed E-state index contributed by atoms with van der Waals surface area (Å²) in [6.45, 7) is 3.11. The molecule has 0 spiro atoms. The number of benzene rings is 1. The second-order valence-corrected chi connectivity index (χ2v) is 7.51. The van der Waals surface area contributed by atoms with E-state index in [2.05, 4.69) is 27.4 Å². The molecule has 1 N–H and O–H groups in total. The van der Waals surface area contributed by atoms with Gasteiger partial charge in [-0.25, -0.2) is 0 Å². The summed E-state index contributed by atoms with van der Waals surface area (Å²) in [5, 5.41) is 8.13. The molecule has 1 atom stereocenters. The first kappa shape index (κ1) is 17.2. The third kappa shape index (κ3) is 3.13. The first-order valence-corrected chi connectivity index (χ1v) is 9.53. The maximum atomic E-state index is 12.4. The second-order valence-electron chi connectivity index (χ2n) is 6.46. The van der Waals surface area contributed by atoms with Gasteiger partial charge in [-0.1, -0.05) is 18.2 Å². The highest BCUT2D eigenvalue weighted by Crippen LogP contribution is 2.38. The Morgan fingerprint density at radius 3 is 3.00 bits per heavy atom. The predicted octanol–water partition coefficient (Wildman–Crippen LogP) is 2.57. The van der Waals surface area contributed by atoms with Crippen molar-refractivity contribution in [2.75, 3.05) is 26.7 Å². The van der Waals surface area contributed by atoms with Gasteiger partial charge in [0, 0.05) is 50.2 Å². The molecule has 0 aliphatic carbocycles. The van der Waals surface area contributed by atoms with Gasteiger partial charge in [0.25, 0.3) is 5.91 Å². The van der Waals surface area contributed by atoms with Crippen LogP contribution in [-0.4, -0.2) is 47.3 Å². The maximum absolute atomic E-state index is 12.4. The lowest BCUT2D eigenvalue weighted by Crippen LogP contribution is -2.38. The van der Waals surface area contributed by atoms with Crippen LogP contribution in [0.4, 0.5) is 0 Å². The molecule has 0 unspecified atom stereocenters. The van der Waals surface area contributed by atoms with E-state index < -0.39 is 0 Å². The Bertz CT molecular complexity index is 933. The first-order valence-electron chi connectivity index (χ1n) is 8.71. The van der Waals surface area contributed by atoms with Crippen molar-refractivity contribution in [3.63, 3.8) is 0 Å². The number of carbonyl (C=O) groups is 1. The van der Waals surface area contributed by atoms with Gasteiger partial charge in [-0.05, 0) is 17.5 Å². The van der Waals surface area contributed by atoms with Crippen molar-refractivity contribution in [3.05, 3.63) is 52.7 Å². The van der Waals surface area contributed by atoms with Gasteiger partial charge < -0.3 is 10.1 Å². The monoisotopic (exact) mass is 370 g/mol. The second kappa shape index (κ2) is 7.19. The lowest BCUT2D eigenvalue weighted by atomic mass is 10.0. The molecule has 136 valence electrons. The molecule has 0 bridgehead atoms. The molecule has 1 aromatic carbocycles. The highest BCUT2D eigenvalue weighted by Gasteiger charge is 2.29. The van der Waals surface area contributed by atoms with Crippen LogP contribution in [0.3, 0.4) is 0 Å². The Morgan fingerprint density at radius 2 is 2.23 bits per heavy atom. The molecule has 7 heteroatoms. The van der Waals surface area contributed by atoms with Gasteiger partial charge in [0.15, 0.2) is 0 Å². The fourth-order valence-corrected chi connectivity index (χ4v) is 4.67. The summed E-state index contributed by atoms with van der Waals surface area (Å²) in [4.78, 5) is 15.6. The number of carbonyl (C=O) groups excluding carboxylic acids is 1. The fourth-order valence-electron chi connectivity index (χ4n) is 3.47. The van der Waals surface area contributed by atoms with Crippen LogP contribution in [-0.2, 0) is 18.3 Å². The number of ether oxygens (including phenoxy) is 1. The van der Waals surface area contributed by atoms with Crippen molar-refractivity contribution in [1.82, 2.24) is 20.0 Å². The van der Waals surface area contributed by atoms with Gasteiger partial charge in [-0.2, -0.15) is 5.10 Å². The lowest BCUT2D eigenvalue weighted by Gasteiger charge is -2.33. The molecule has 1 fully saturated rings. The standard InChI is InChI=1S/C19H22N4O2S/c1-20-19(24)18-17(14-5-3-4-6-16(14)26-18)15-12-23(9-10-25-15)11-13-7-8-21-22(13)2/h3-8,15H,9-12H2,1-2H3,(H,20,24)/t15-/m1/s1. The molecule has 1 aliphatic rings. The summed E-state index contributed by atoms with van der Waals surface area (Å²) in [6.07, 6.45) is 1.71. The minimum Gasteiger partial charge on any atom is -0.371 e. The number of aryl methyl sites for hydroxylation is 1. The molecule has 1 saturated heterocycles. The highest BCUT2D eigenvalue weighted by atomic mass is 32.1. The Hall–Kier alpha value is -2.22. The zero-order chi connectivity index (χ0) is 18.1. The van der Waals surface area contributed by atoms with E-state index in [0.717, 1.165) is 40.2 Å². The van der Waals surface area contributed by atoms with E-state index in [-0.39, 0.29) is 12.0 Å². The topological polar surface area (TPSA) is 59.4 Å². The summed E-state index contributed by atoms with van der Waals surface area (Å²) >= 11 is 1.53. The minimum absolute atomic E-state index is 0.0476. The minimum atomic E-state index is -0.111. The predicted molar refractivity (Wildman–Crippen MR) is 102 cm³/mol. The van der Waals surface area contributed by atoms with E-state index in [1.165, 1.54) is 17.0 Å². The normalized spacial score (nSPS) is 18.3. The van der Waals surface area contributed by atoms with E-state index >= 15 is 0 Å². The number of amides is 1. The Kier molecular flexibility index (Phi) is 4.76. The molecule has 6 nitrogen and oxygen atoms in total. The number of hydrogen-bond donors (Lipinski definition) is 1. The van der Waals surface area contributed by atoms with Crippen LogP contribution < -0.4 is 5.32 Å². The third-order valence-electron chi connectivity index (χ3n) is 4.85. The molecule has 4 rings (SSSR count). The van der Waals surface area contributed by atoms with Crippen molar-refractivity contribution in [2.24, 2.45) is 7.05 Å². The number of morpholine rings is 1. The molecule has 0 radical (unpaired) electrons. The van der Waals surface area contributed by atoms with Crippen molar-refractivity contribution in [3.8, 4) is 0 Å². The van der Waals surface area contributed by atoms with Crippen LogP contribution in [0.1, 0.15) is 27.0 Å². The van der Waals surface area contributed by atoms with Crippen LogP contribution in [0.5, 0.6) is 0 Å². The van der Waals surface area contributed by atoms with E-state index in [1.54, 1.807) is 7.05 Å². The molecule has 1 aliphatic heterocycles. The molecule has 26 heavy (non-hydrogen) atoms. The lowest BCUT2D eigenvalue weighted by molar-refractivity contribution is -0.0329. The average molecular weight is 370 g/mol. The Morgan fingerprint density at radius 1 is 1.38 bits per heavy atom. The maximum Gasteiger partial charge on any atom is 0.261 e. The summed E-state index contributed by atoms with van der Waals surface area (Å²) in [7, 11) is 3.64. The largest absolute Gasteiger partial charge is 0.371 e. The third-order valence-corrected chi connectivity index (χ3v) is 6.03. The van der Waals surface area contributed by atoms with Gasteiger partial charge in [0.2, 0.25) is 0 Å². The molecule has 1 amide bonds. The van der Waals surface area contributed by atoms with Crippen LogP contribution >= 0.6 is 11.3 Å². The summed E-state index contributed by atoms with van der Waals surface area (Å²) in [5.41, 5.74) is 2.19. The van der Waals surface area contributed by atoms with E-state index in [4.69, 9.17) is 4.74 Å². The Balaban J connectivity index is 1.66. The number of nitrogens with one attached hydrogen (secondary N) is 1. The van der Waals surface area contributed by atoms with Crippen molar-refractivity contribution >= 4 is 27.3 Å². The van der Waals surface area contributed by atoms with Crippen molar-refractivity contribution < 1.29 is 9.53 Å². The number of thiophene rings is 1. The first-order chi connectivity index (χ1) is 12.7. The van der Waals surface area contributed by atoms with Crippen molar-refractivity contribution in [2.45, 2.75) is 12.6 Å². The SMILES string of the molecule is CNC(=O)c1sc2ccccc2c1[C@H]1CN(Cc2ccnn2C)CCO1. The fraction of sp³-hybridized carbons (Fsp3) is 0.368. The summed E-state index contributed by atoms with van der Waals surface area (Å²) in [6, 6.07) is 10.2. The van der Waals surface area contributed by atoms with E-state index in [9.17, 15) is 4.79 Å². The van der Waals surface area contributed by atoms with Gasteiger partial charge in [0.05, 0.1) is 23.3 Å². The number of fused-ring (bicyclic) bond motifs is 1. The summed E-state index contributed by atoms with van der Waals surface area (Å²) in [5.74, 6) is -0.0476. The van der Waals surface area contributed by atoms with Crippen LogP contribution in [0, 0.1) is 0 Å². The zero-order valence-corrected chi connectivity index (χ0v) is 15.8. The molecular weight excluding hydrogens is 348 g/mol. The zero-order valence-electron chi connectivity index (χ0n) is 14.9. The van der Waals surface area contributed by atoms with Gasteiger partial charge in [-0.15, -0.1) is 11.3 Å². The number of nitrogens with zero attached hydrogens (tertiary/aromatic N) is 3. The number of hydrogen-bond acceptors (Lipinski definition) is 5. The van der Waals surface area contributed by atoms with Gasteiger partial charge in [0.1, 0.15) is 0 Å². The average Bonchev–Trinajstić information content (AvgIpc) is 3.25. The number of rotatable bonds is 4. The summed E-state index contributed by atoms with van der Waals surface area (Å²) < 4.78 is 9.13. The van der Waals surface area contributed by atoms with Crippen LogP contribution in [0.2, 0.25) is 0 Å². The van der Waals surface area contributed by atoms with Crippen LogP contribution in [0.25, 0.3) is 10.1 Å². The quantitative estimate of drug-likeness (QED) is 0.767. The van der Waals surface area contributed by atoms with Gasteiger partial charge >= 0.3 is 0 Å². The number of aromatic nitrogens is 2.